The van der Waals surface area contributed by atoms with Crippen molar-refractivity contribution in [1.29, 1.82) is 0 Å². The molecule has 1 aliphatic heterocycles. The molecule has 30 heavy (non-hydrogen) atoms. The lowest BCUT2D eigenvalue weighted by Crippen LogP contribution is -2.32. The second-order valence-electron chi connectivity index (χ2n) is 7.98. The summed E-state index contributed by atoms with van der Waals surface area (Å²) in [6.45, 7) is 5.35. The van der Waals surface area contributed by atoms with Crippen LogP contribution in [0.25, 0.3) is 11.1 Å². The topological polar surface area (TPSA) is 12.0 Å². The Hall–Kier alpha value is -3.80. The molecule has 0 radical (unpaired) electrons. The third-order valence-electron chi connectivity index (χ3n) is 6.57. The Balaban J connectivity index is 1.74. The highest BCUT2D eigenvalue weighted by molar-refractivity contribution is 6.12. The quantitative estimate of drug-likeness (QED) is 0.496. The van der Waals surface area contributed by atoms with Crippen LogP contribution in [0.4, 0.5) is 5.69 Å². The van der Waals surface area contributed by atoms with Gasteiger partial charge in [-0.2, -0.15) is 0 Å². The molecular weight excluding hydrogens is 362 g/mol. The largest absolute Gasteiger partial charge is 0.381 e. The average molecular weight is 383 g/mol. The van der Waals surface area contributed by atoms with Crippen molar-refractivity contribution in [2.75, 3.05) is 11.9 Å². The van der Waals surface area contributed by atoms with Crippen LogP contribution in [-0.2, 0) is 5.41 Å². The van der Waals surface area contributed by atoms with Crippen molar-refractivity contribution >= 4 is 16.8 Å². The fraction of sp³-hybridized carbons (Fsp3) is 0.0690. The molecule has 0 spiro atoms. The standard InChI is InChI=1S/C29H21N/c1-20-23-15-8-10-18-27(23)30-19-26-28(20)24-16-7-9-17-25(24)29(26,22-13-5-6-14-22)21-11-3-2-4-12-21/h2-13,15-18,30H,1,19H2. The number of nitrogens with one attached hydrogen (secondary N) is 1. The lowest BCUT2D eigenvalue weighted by Gasteiger charge is -2.35. The van der Waals surface area contributed by atoms with Gasteiger partial charge in [-0.25, -0.2) is 0 Å². The van der Waals surface area contributed by atoms with E-state index in [1.54, 1.807) is 0 Å². The van der Waals surface area contributed by atoms with E-state index in [1.165, 1.54) is 39.0 Å². The lowest BCUT2D eigenvalue weighted by molar-refractivity contribution is 0.733. The SMILES string of the molecule is C=C1C2=C(CNc3ccccc31)C(C1=C=CC=C1)(c1ccccc1)c1ccccc12. The summed E-state index contributed by atoms with van der Waals surface area (Å²) < 4.78 is 0. The molecular formula is C29H21N. The van der Waals surface area contributed by atoms with Crippen LogP contribution in [0.15, 0.2) is 121 Å². The summed E-state index contributed by atoms with van der Waals surface area (Å²) in [5.41, 5.74) is 14.2. The van der Waals surface area contributed by atoms with Crippen molar-refractivity contribution in [2.24, 2.45) is 0 Å². The van der Waals surface area contributed by atoms with Crippen LogP contribution in [0, 0.1) is 0 Å². The van der Waals surface area contributed by atoms with E-state index < -0.39 is 0 Å². The molecule has 2 aliphatic carbocycles. The van der Waals surface area contributed by atoms with Gasteiger partial charge in [0.15, 0.2) is 0 Å². The van der Waals surface area contributed by atoms with Crippen LogP contribution < -0.4 is 5.32 Å². The maximum atomic E-state index is 4.59. The molecule has 1 atom stereocenters. The Morgan fingerprint density at radius 3 is 2.37 bits per heavy atom. The average Bonchev–Trinajstić information content (AvgIpc) is 3.40. The molecule has 0 amide bonds. The molecule has 1 heterocycles. The normalized spacial score (nSPS) is 20.9. The van der Waals surface area contributed by atoms with Gasteiger partial charge in [0, 0.05) is 23.4 Å². The number of allylic oxidation sites excluding steroid dienone is 5. The summed E-state index contributed by atoms with van der Waals surface area (Å²) in [6, 6.07) is 28.1. The molecule has 0 fully saturated rings. The first-order valence-electron chi connectivity index (χ1n) is 10.4. The Morgan fingerprint density at radius 2 is 1.57 bits per heavy atom. The van der Waals surface area contributed by atoms with E-state index in [9.17, 15) is 0 Å². The molecule has 3 aliphatic rings. The summed E-state index contributed by atoms with van der Waals surface area (Å²) in [4.78, 5) is 0. The van der Waals surface area contributed by atoms with Crippen LogP contribution >= 0.6 is 0 Å². The molecule has 0 aromatic heterocycles. The fourth-order valence-electron chi connectivity index (χ4n) is 5.37. The molecule has 3 aromatic rings. The van der Waals surface area contributed by atoms with Gasteiger partial charge in [-0.15, -0.1) is 5.73 Å². The van der Waals surface area contributed by atoms with Gasteiger partial charge in [0.2, 0.25) is 0 Å². The van der Waals surface area contributed by atoms with Gasteiger partial charge in [0.25, 0.3) is 0 Å². The van der Waals surface area contributed by atoms with Gasteiger partial charge >= 0.3 is 0 Å². The second kappa shape index (κ2) is 6.35. The summed E-state index contributed by atoms with van der Waals surface area (Å²) in [5, 5.41) is 3.72. The smallest absolute Gasteiger partial charge is 0.0766 e. The van der Waals surface area contributed by atoms with Crippen LogP contribution in [-0.4, -0.2) is 6.54 Å². The number of para-hydroxylation sites is 1. The van der Waals surface area contributed by atoms with Crippen molar-refractivity contribution in [3.63, 3.8) is 0 Å². The third kappa shape index (κ3) is 2.13. The molecule has 1 N–H and O–H groups in total. The molecule has 0 saturated carbocycles. The minimum absolute atomic E-state index is 0.380. The number of anilines is 1. The van der Waals surface area contributed by atoms with Crippen LogP contribution in [0.5, 0.6) is 0 Å². The van der Waals surface area contributed by atoms with Gasteiger partial charge in [0.05, 0.1) is 5.41 Å². The van der Waals surface area contributed by atoms with E-state index in [4.69, 9.17) is 0 Å². The zero-order valence-electron chi connectivity index (χ0n) is 16.7. The molecule has 142 valence electrons. The molecule has 0 bridgehead atoms. The molecule has 0 saturated heterocycles. The van der Waals surface area contributed by atoms with E-state index in [-0.39, 0.29) is 5.41 Å². The van der Waals surface area contributed by atoms with Crippen molar-refractivity contribution in [1.82, 2.24) is 0 Å². The molecule has 3 aromatic carbocycles. The minimum atomic E-state index is -0.380. The first kappa shape index (κ1) is 17.1. The highest BCUT2D eigenvalue weighted by Gasteiger charge is 2.49. The Kier molecular flexibility index (Phi) is 3.62. The number of hydrogen-bond donors (Lipinski definition) is 1. The Morgan fingerprint density at radius 1 is 0.833 bits per heavy atom. The minimum Gasteiger partial charge on any atom is -0.381 e. The van der Waals surface area contributed by atoms with Crippen molar-refractivity contribution in [3.05, 3.63) is 143 Å². The molecule has 6 rings (SSSR count). The molecule has 1 unspecified atom stereocenters. The Labute approximate surface area is 177 Å². The number of hydrogen-bond acceptors (Lipinski definition) is 1. The molecule has 1 nitrogen and oxygen atoms in total. The predicted molar refractivity (Wildman–Crippen MR) is 125 cm³/mol. The predicted octanol–water partition coefficient (Wildman–Crippen LogP) is 6.53. The van der Waals surface area contributed by atoms with E-state index in [1.807, 2.05) is 6.08 Å². The second-order valence-corrected chi connectivity index (χ2v) is 7.98. The van der Waals surface area contributed by atoms with Crippen molar-refractivity contribution < 1.29 is 0 Å². The summed E-state index contributed by atoms with van der Waals surface area (Å²) in [5.74, 6) is 0. The van der Waals surface area contributed by atoms with E-state index >= 15 is 0 Å². The number of rotatable bonds is 2. The summed E-state index contributed by atoms with van der Waals surface area (Å²) in [6.07, 6.45) is 6.32. The summed E-state index contributed by atoms with van der Waals surface area (Å²) >= 11 is 0. The van der Waals surface area contributed by atoms with Gasteiger partial charge in [-0.3, -0.25) is 0 Å². The Bertz CT molecular complexity index is 1330. The van der Waals surface area contributed by atoms with E-state index in [0.717, 1.165) is 17.8 Å². The van der Waals surface area contributed by atoms with Crippen LogP contribution in [0.1, 0.15) is 22.3 Å². The maximum Gasteiger partial charge on any atom is 0.0766 e. The number of benzene rings is 3. The van der Waals surface area contributed by atoms with Crippen molar-refractivity contribution in [2.45, 2.75) is 5.41 Å². The zero-order valence-corrected chi connectivity index (χ0v) is 16.7. The molecule has 1 heteroatoms. The van der Waals surface area contributed by atoms with Gasteiger partial charge in [-0.1, -0.05) is 85.5 Å². The number of fused-ring (bicyclic) bond motifs is 3. The van der Waals surface area contributed by atoms with E-state index in [0.29, 0.717) is 0 Å². The van der Waals surface area contributed by atoms with Gasteiger partial charge in [0.1, 0.15) is 0 Å². The first-order chi connectivity index (χ1) is 14.8. The van der Waals surface area contributed by atoms with Gasteiger partial charge < -0.3 is 5.32 Å². The van der Waals surface area contributed by atoms with Crippen LogP contribution in [0.2, 0.25) is 0 Å². The highest BCUT2D eigenvalue weighted by atomic mass is 14.9. The zero-order chi connectivity index (χ0) is 20.1. The monoisotopic (exact) mass is 383 g/mol. The fourth-order valence-corrected chi connectivity index (χ4v) is 5.37. The lowest BCUT2D eigenvalue weighted by atomic mass is 9.66. The van der Waals surface area contributed by atoms with Crippen LogP contribution in [0.3, 0.4) is 0 Å². The van der Waals surface area contributed by atoms with Crippen molar-refractivity contribution in [3.8, 4) is 0 Å². The third-order valence-corrected chi connectivity index (χ3v) is 6.57. The van der Waals surface area contributed by atoms with E-state index in [2.05, 4.69) is 109 Å². The highest BCUT2D eigenvalue weighted by Crippen LogP contribution is 2.58. The van der Waals surface area contributed by atoms with Gasteiger partial charge in [-0.05, 0) is 51.6 Å². The first-order valence-corrected chi connectivity index (χ1v) is 10.4. The summed E-state index contributed by atoms with van der Waals surface area (Å²) in [7, 11) is 0. The maximum absolute atomic E-state index is 4.59.